The maximum atomic E-state index is 11.3. The highest BCUT2D eigenvalue weighted by Crippen LogP contribution is 2.19. The summed E-state index contributed by atoms with van der Waals surface area (Å²) >= 11 is 1.16. The lowest BCUT2D eigenvalue weighted by atomic mass is 10.1. The predicted molar refractivity (Wildman–Crippen MR) is 82.0 cm³/mol. The molecule has 0 saturated heterocycles. The topological polar surface area (TPSA) is 110 Å². The van der Waals surface area contributed by atoms with Crippen LogP contribution in [0.3, 0.4) is 0 Å². The summed E-state index contributed by atoms with van der Waals surface area (Å²) < 4.78 is 0. The Labute approximate surface area is 126 Å². The predicted octanol–water partition coefficient (Wildman–Crippen LogP) is 1.18. The number of rotatable bonds is 4. The highest BCUT2D eigenvalue weighted by Gasteiger charge is 2.09. The molecule has 2 rings (SSSR count). The maximum Gasteiger partial charge on any atom is 0.253 e. The van der Waals surface area contributed by atoms with Gasteiger partial charge in [0, 0.05) is 36.1 Å². The fraction of sp³-hybridized carbons (Fsp3) is 0.385. The Balaban J connectivity index is 2.03. The molecule has 0 aliphatic rings. The van der Waals surface area contributed by atoms with Crippen LogP contribution in [0, 0.1) is 0 Å². The molecular formula is C13H18N6OS. The zero-order valence-corrected chi connectivity index (χ0v) is 13.0. The van der Waals surface area contributed by atoms with E-state index < -0.39 is 0 Å². The van der Waals surface area contributed by atoms with Crippen LogP contribution < -0.4 is 16.6 Å². The minimum Gasteiger partial charge on any atom is -0.383 e. The summed E-state index contributed by atoms with van der Waals surface area (Å²) in [7, 11) is 0. The summed E-state index contributed by atoms with van der Waals surface area (Å²) in [6.45, 7) is 6.99. The van der Waals surface area contributed by atoms with Crippen LogP contribution in [0.2, 0.25) is 0 Å². The first-order valence-corrected chi connectivity index (χ1v) is 7.24. The van der Waals surface area contributed by atoms with E-state index in [9.17, 15) is 4.79 Å². The average Bonchev–Trinajstić information content (AvgIpc) is 2.36. The van der Waals surface area contributed by atoms with Crippen LogP contribution in [-0.4, -0.2) is 25.5 Å². The summed E-state index contributed by atoms with van der Waals surface area (Å²) in [5.41, 5.74) is 6.26. The van der Waals surface area contributed by atoms with Crippen LogP contribution >= 0.6 is 11.8 Å². The Morgan fingerprint density at radius 2 is 2.00 bits per heavy atom. The number of nitrogen functional groups attached to an aromatic ring is 1. The van der Waals surface area contributed by atoms with Gasteiger partial charge in [0.1, 0.15) is 5.82 Å². The molecule has 0 spiro atoms. The Bertz CT molecular complexity index is 662. The first-order chi connectivity index (χ1) is 9.82. The lowest BCUT2D eigenvalue weighted by molar-refractivity contribution is 0.423. The number of hydrogen-bond donors (Lipinski definition) is 3. The molecular weight excluding hydrogens is 288 g/mol. The Morgan fingerprint density at radius 3 is 2.57 bits per heavy atom. The van der Waals surface area contributed by atoms with Crippen molar-refractivity contribution in [1.82, 2.24) is 25.3 Å². The third-order valence-electron chi connectivity index (χ3n) is 2.43. The van der Waals surface area contributed by atoms with Gasteiger partial charge in [0.15, 0.2) is 10.3 Å². The summed E-state index contributed by atoms with van der Waals surface area (Å²) in [5.74, 6) is 0.173. The molecule has 2 aromatic rings. The van der Waals surface area contributed by atoms with Crippen LogP contribution in [0.4, 0.5) is 5.82 Å². The molecule has 7 nitrogen and oxygen atoms in total. The van der Waals surface area contributed by atoms with Crippen molar-refractivity contribution in [2.45, 2.75) is 43.2 Å². The highest BCUT2D eigenvalue weighted by atomic mass is 32.2. The number of nitrogens with one attached hydrogen (secondary N) is 2. The molecule has 0 aromatic carbocycles. The Morgan fingerprint density at radius 1 is 1.33 bits per heavy atom. The minimum absolute atomic E-state index is 0.0401. The second-order valence-corrected chi connectivity index (χ2v) is 6.51. The number of anilines is 1. The summed E-state index contributed by atoms with van der Waals surface area (Å²) in [5, 5.41) is 4.24. The van der Waals surface area contributed by atoms with Crippen molar-refractivity contribution in [2.24, 2.45) is 0 Å². The molecule has 21 heavy (non-hydrogen) atoms. The van der Waals surface area contributed by atoms with Gasteiger partial charge in [0.25, 0.3) is 5.56 Å². The highest BCUT2D eigenvalue weighted by molar-refractivity contribution is 7.99. The van der Waals surface area contributed by atoms with Crippen molar-refractivity contribution in [1.29, 1.82) is 0 Å². The first kappa shape index (κ1) is 15.5. The van der Waals surface area contributed by atoms with Crippen LogP contribution in [0.15, 0.2) is 33.6 Å². The van der Waals surface area contributed by atoms with Crippen LogP contribution in [0.5, 0.6) is 0 Å². The van der Waals surface area contributed by atoms with Crippen molar-refractivity contribution in [3.63, 3.8) is 0 Å². The summed E-state index contributed by atoms with van der Waals surface area (Å²) in [6.07, 6.45) is 3.50. The molecule has 2 aromatic heterocycles. The van der Waals surface area contributed by atoms with E-state index in [4.69, 9.17) is 5.73 Å². The van der Waals surface area contributed by atoms with Crippen molar-refractivity contribution >= 4 is 17.6 Å². The molecule has 0 aliphatic heterocycles. The lowest BCUT2D eigenvalue weighted by Crippen LogP contribution is -2.35. The Kier molecular flexibility index (Phi) is 4.59. The van der Waals surface area contributed by atoms with E-state index >= 15 is 0 Å². The van der Waals surface area contributed by atoms with Gasteiger partial charge >= 0.3 is 0 Å². The lowest BCUT2D eigenvalue weighted by Gasteiger charge is -2.20. The van der Waals surface area contributed by atoms with E-state index in [0.29, 0.717) is 16.9 Å². The smallest absolute Gasteiger partial charge is 0.253 e. The van der Waals surface area contributed by atoms with E-state index in [1.807, 2.05) is 0 Å². The molecule has 0 saturated carbocycles. The van der Waals surface area contributed by atoms with Gasteiger partial charge in [0.05, 0.1) is 0 Å². The van der Waals surface area contributed by atoms with Gasteiger partial charge in [-0.1, -0.05) is 0 Å². The van der Waals surface area contributed by atoms with Crippen LogP contribution in [0.25, 0.3) is 0 Å². The molecule has 8 heteroatoms. The molecule has 4 N–H and O–H groups in total. The van der Waals surface area contributed by atoms with E-state index in [1.165, 1.54) is 6.07 Å². The first-order valence-electron chi connectivity index (χ1n) is 6.42. The van der Waals surface area contributed by atoms with Crippen LogP contribution in [0.1, 0.15) is 26.3 Å². The molecule has 0 aliphatic carbocycles. The zero-order valence-electron chi connectivity index (χ0n) is 12.2. The molecule has 0 amide bonds. The largest absolute Gasteiger partial charge is 0.383 e. The molecule has 0 bridgehead atoms. The molecule has 112 valence electrons. The van der Waals surface area contributed by atoms with Crippen molar-refractivity contribution in [3.05, 3.63) is 34.4 Å². The normalized spacial score (nSPS) is 11.6. The average molecular weight is 306 g/mol. The second-order valence-electron chi connectivity index (χ2n) is 5.55. The molecule has 0 radical (unpaired) electrons. The molecule has 0 atom stereocenters. The van der Waals surface area contributed by atoms with Gasteiger partial charge < -0.3 is 16.0 Å². The van der Waals surface area contributed by atoms with Gasteiger partial charge in [-0.05, 0) is 32.5 Å². The van der Waals surface area contributed by atoms with Gasteiger partial charge in [-0.25, -0.2) is 15.0 Å². The summed E-state index contributed by atoms with van der Waals surface area (Å²) in [6, 6.07) is 1.23. The monoisotopic (exact) mass is 306 g/mol. The van der Waals surface area contributed by atoms with Crippen molar-refractivity contribution in [2.75, 3.05) is 5.73 Å². The molecule has 2 heterocycles. The van der Waals surface area contributed by atoms with Gasteiger partial charge in [-0.3, -0.25) is 4.79 Å². The van der Waals surface area contributed by atoms with Crippen molar-refractivity contribution < 1.29 is 0 Å². The van der Waals surface area contributed by atoms with E-state index in [2.05, 4.69) is 46.0 Å². The number of nitrogens with two attached hydrogens (primary N) is 1. The Hall–Kier alpha value is -1.93. The van der Waals surface area contributed by atoms with E-state index in [-0.39, 0.29) is 16.9 Å². The third-order valence-corrected chi connectivity index (χ3v) is 3.21. The molecule has 0 fully saturated rings. The minimum atomic E-state index is -0.295. The number of nitrogens with zero attached hydrogens (tertiary/aromatic N) is 3. The SMILES string of the molecule is CC(C)(C)NCc1cnc(Sc2nc(N)cc(=O)[nH]2)nc1. The third kappa shape index (κ3) is 5.16. The maximum absolute atomic E-state index is 11.3. The van der Waals surface area contributed by atoms with Gasteiger partial charge in [-0.2, -0.15) is 0 Å². The zero-order chi connectivity index (χ0) is 15.5. The summed E-state index contributed by atoms with van der Waals surface area (Å²) in [4.78, 5) is 26.4. The number of aromatic nitrogens is 4. The van der Waals surface area contributed by atoms with Gasteiger partial charge in [-0.15, -0.1) is 0 Å². The van der Waals surface area contributed by atoms with Crippen LogP contribution in [-0.2, 0) is 6.54 Å². The number of H-pyrrole nitrogens is 1. The fourth-order valence-electron chi connectivity index (χ4n) is 1.44. The number of aromatic amines is 1. The standard InChI is InChI=1S/C13H18N6OS/c1-13(2,3)17-7-8-5-15-11(16-6-8)21-12-18-9(14)4-10(20)19-12/h4-6,17H,7H2,1-3H3,(H3,14,18,19,20). The molecule has 0 unspecified atom stereocenters. The second kappa shape index (κ2) is 6.23. The number of hydrogen-bond acceptors (Lipinski definition) is 7. The van der Waals surface area contributed by atoms with E-state index in [0.717, 1.165) is 17.3 Å². The quantitative estimate of drug-likeness (QED) is 0.728. The fourth-order valence-corrected chi connectivity index (χ4v) is 2.13. The van der Waals surface area contributed by atoms with Gasteiger partial charge in [0.2, 0.25) is 0 Å². The van der Waals surface area contributed by atoms with E-state index in [1.54, 1.807) is 12.4 Å². The van der Waals surface area contributed by atoms with Crippen molar-refractivity contribution in [3.8, 4) is 0 Å².